The fourth-order valence-electron chi connectivity index (χ4n) is 0.570. The first-order valence-corrected chi connectivity index (χ1v) is 3.78. The third-order valence-corrected chi connectivity index (χ3v) is 1.38. The van der Waals surface area contributed by atoms with Crippen molar-refractivity contribution in [2.45, 2.75) is 32.7 Å². The van der Waals surface area contributed by atoms with Crippen LogP contribution in [-0.2, 0) is 4.79 Å². The second-order valence-electron chi connectivity index (χ2n) is 2.16. The number of rotatable bonds is 4. The minimum Gasteiger partial charge on any atom is -0.349 e. The lowest BCUT2D eigenvalue weighted by atomic mass is 10.3. The molecule has 2 nitrogen and oxygen atoms in total. The van der Waals surface area contributed by atoms with E-state index in [1.54, 1.807) is 6.92 Å². The fraction of sp³-hybridized carbons (Fsp3) is 0.714. The van der Waals surface area contributed by atoms with Crippen molar-refractivity contribution in [3.8, 4) is 0 Å². The Hall–Kier alpha value is -0.440. The van der Waals surface area contributed by atoms with Gasteiger partial charge in [0.2, 0.25) is 5.91 Å². The summed E-state index contributed by atoms with van der Waals surface area (Å²) in [4.78, 5) is 10.8. The van der Waals surface area contributed by atoms with E-state index in [1.807, 2.05) is 6.92 Å². The highest BCUT2D eigenvalue weighted by Gasteiger charge is 2.01. The van der Waals surface area contributed by atoms with Crippen molar-refractivity contribution in [1.29, 1.82) is 0 Å². The first-order valence-electron chi connectivity index (χ1n) is 3.37. The molecule has 0 rings (SSSR count). The van der Waals surface area contributed by atoms with Crippen LogP contribution in [0.2, 0.25) is 0 Å². The lowest BCUT2D eigenvalue weighted by Gasteiger charge is -2.05. The van der Waals surface area contributed by atoms with E-state index in [1.165, 1.54) is 0 Å². The first-order chi connectivity index (χ1) is 4.70. The molecular weight excluding hydrogens is 146 g/mol. The zero-order valence-electron chi connectivity index (χ0n) is 6.31. The molecule has 0 aromatic carbocycles. The van der Waals surface area contributed by atoms with Crippen LogP contribution in [0.4, 0.5) is 0 Å². The smallest absolute Gasteiger partial charge is 0.220 e. The molecule has 0 heterocycles. The van der Waals surface area contributed by atoms with Crippen LogP contribution in [0, 0.1) is 0 Å². The first kappa shape index (κ1) is 9.56. The van der Waals surface area contributed by atoms with Gasteiger partial charge in [0.25, 0.3) is 0 Å². The summed E-state index contributed by atoms with van der Waals surface area (Å²) >= 11 is 4.51. The van der Waals surface area contributed by atoms with Crippen LogP contribution in [0.5, 0.6) is 0 Å². The van der Waals surface area contributed by atoms with Gasteiger partial charge in [0.05, 0.1) is 11.4 Å². The molecular formula is C7H12NOS. The number of nitrogens with one attached hydrogen (secondary N) is 1. The molecule has 0 aliphatic rings. The van der Waals surface area contributed by atoms with Crippen LogP contribution >= 0.6 is 12.2 Å². The average Bonchev–Trinajstić information content (AvgIpc) is 1.88. The topological polar surface area (TPSA) is 29.1 Å². The molecule has 1 amide bonds. The van der Waals surface area contributed by atoms with E-state index in [4.69, 9.17) is 0 Å². The van der Waals surface area contributed by atoms with E-state index >= 15 is 0 Å². The van der Waals surface area contributed by atoms with Gasteiger partial charge in [0.1, 0.15) is 0 Å². The molecule has 0 saturated carbocycles. The highest BCUT2D eigenvalue weighted by Crippen LogP contribution is 1.86. The summed E-state index contributed by atoms with van der Waals surface area (Å²) in [7, 11) is 0. The normalized spacial score (nSPS) is 12.2. The molecule has 1 unspecified atom stereocenters. The van der Waals surface area contributed by atoms with Gasteiger partial charge in [-0.25, -0.2) is 0 Å². The molecule has 0 fully saturated rings. The Morgan fingerprint density at radius 2 is 2.40 bits per heavy atom. The van der Waals surface area contributed by atoms with Gasteiger partial charge < -0.3 is 5.32 Å². The van der Waals surface area contributed by atoms with Gasteiger partial charge in [-0.2, -0.15) is 0 Å². The summed E-state index contributed by atoms with van der Waals surface area (Å²) in [5.74, 6) is 0.0485. The zero-order valence-corrected chi connectivity index (χ0v) is 7.12. The van der Waals surface area contributed by atoms with Crippen LogP contribution < -0.4 is 5.32 Å². The van der Waals surface area contributed by atoms with Gasteiger partial charge in [-0.1, -0.05) is 19.1 Å². The van der Waals surface area contributed by atoms with E-state index in [0.29, 0.717) is 6.42 Å². The summed E-state index contributed by atoms with van der Waals surface area (Å²) < 4.78 is 0. The van der Waals surface area contributed by atoms with Crippen molar-refractivity contribution in [2.75, 3.05) is 0 Å². The molecule has 0 bridgehead atoms. The van der Waals surface area contributed by atoms with E-state index in [9.17, 15) is 4.79 Å². The molecule has 0 aliphatic carbocycles. The van der Waals surface area contributed by atoms with Crippen LogP contribution in [0.15, 0.2) is 0 Å². The maximum Gasteiger partial charge on any atom is 0.220 e. The SMILES string of the molecule is CCCC(=O)NC(C)[C]=S. The molecule has 0 spiro atoms. The Balaban J connectivity index is 3.46. The summed E-state index contributed by atoms with van der Waals surface area (Å²) in [6, 6.07) is -0.103. The number of thiocarbonyl (C=S) groups is 1. The van der Waals surface area contributed by atoms with E-state index < -0.39 is 0 Å². The van der Waals surface area contributed by atoms with E-state index in [-0.39, 0.29) is 11.9 Å². The number of hydrogen-bond donors (Lipinski definition) is 1. The number of carbonyl (C=O) groups excluding carboxylic acids is 1. The molecule has 1 N–H and O–H groups in total. The Morgan fingerprint density at radius 1 is 1.80 bits per heavy atom. The van der Waals surface area contributed by atoms with Gasteiger partial charge in [0, 0.05) is 6.42 Å². The van der Waals surface area contributed by atoms with Crippen molar-refractivity contribution >= 4 is 23.5 Å². The Kier molecular flexibility index (Phi) is 5.12. The van der Waals surface area contributed by atoms with Crippen LogP contribution in [0.25, 0.3) is 0 Å². The van der Waals surface area contributed by atoms with Gasteiger partial charge in [-0.15, -0.1) is 0 Å². The standard InChI is InChI=1S/C7H12NOS/c1-3-4-7(9)8-6(2)5-10/h6H,3-4H2,1-2H3,(H,8,9). The Morgan fingerprint density at radius 3 is 2.80 bits per heavy atom. The lowest BCUT2D eigenvalue weighted by Crippen LogP contribution is -2.32. The average molecular weight is 158 g/mol. The quantitative estimate of drug-likeness (QED) is 0.622. The maximum atomic E-state index is 10.8. The predicted molar refractivity (Wildman–Crippen MR) is 45.1 cm³/mol. The summed E-state index contributed by atoms with van der Waals surface area (Å²) in [5, 5.41) is 5.18. The van der Waals surface area contributed by atoms with Gasteiger partial charge >= 0.3 is 0 Å². The highest BCUT2D eigenvalue weighted by molar-refractivity contribution is 7.79. The van der Waals surface area contributed by atoms with Crippen molar-refractivity contribution in [1.82, 2.24) is 5.32 Å². The van der Waals surface area contributed by atoms with Gasteiger partial charge in [0.15, 0.2) is 0 Å². The van der Waals surface area contributed by atoms with Gasteiger partial charge in [-0.3, -0.25) is 4.79 Å². The molecule has 3 heteroatoms. The van der Waals surface area contributed by atoms with Gasteiger partial charge in [-0.05, 0) is 13.3 Å². The fourth-order valence-corrected chi connectivity index (χ4v) is 0.629. The van der Waals surface area contributed by atoms with E-state index in [2.05, 4.69) is 22.9 Å². The molecule has 0 saturated heterocycles. The van der Waals surface area contributed by atoms with Crippen molar-refractivity contribution in [2.24, 2.45) is 0 Å². The third-order valence-electron chi connectivity index (χ3n) is 1.03. The number of amides is 1. The van der Waals surface area contributed by atoms with Crippen LogP contribution in [-0.4, -0.2) is 17.3 Å². The number of hydrogen-bond acceptors (Lipinski definition) is 2. The second kappa shape index (κ2) is 5.35. The third kappa shape index (κ3) is 4.44. The molecule has 10 heavy (non-hydrogen) atoms. The predicted octanol–water partition coefficient (Wildman–Crippen LogP) is 1.17. The van der Waals surface area contributed by atoms with Crippen molar-refractivity contribution < 1.29 is 4.79 Å². The van der Waals surface area contributed by atoms with E-state index in [0.717, 1.165) is 6.42 Å². The zero-order chi connectivity index (χ0) is 7.98. The van der Waals surface area contributed by atoms with Crippen LogP contribution in [0.1, 0.15) is 26.7 Å². The Bertz CT molecular complexity index is 125. The molecule has 1 atom stereocenters. The Labute approximate surface area is 67.0 Å². The number of carbonyl (C=O) groups is 1. The molecule has 1 radical (unpaired) electrons. The second-order valence-corrected chi connectivity index (χ2v) is 2.39. The molecule has 0 aromatic heterocycles. The highest BCUT2D eigenvalue weighted by atomic mass is 32.1. The summed E-state index contributed by atoms with van der Waals surface area (Å²) in [6.45, 7) is 3.77. The monoisotopic (exact) mass is 158 g/mol. The molecule has 0 aromatic rings. The van der Waals surface area contributed by atoms with Crippen molar-refractivity contribution in [3.63, 3.8) is 0 Å². The minimum absolute atomic E-state index is 0.0485. The maximum absolute atomic E-state index is 10.8. The summed E-state index contributed by atoms with van der Waals surface area (Å²) in [5.41, 5.74) is 0. The molecule has 57 valence electrons. The minimum atomic E-state index is -0.103. The van der Waals surface area contributed by atoms with Crippen LogP contribution in [0.3, 0.4) is 0 Å². The summed E-state index contributed by atoms with van der Waals surface area (Å²) in [6.07, 6.45) is 1.44. The lowest BCUT2D eigenvalue weighted by molar-refractivity contribution is -0.121. The van der Waals surface area contributed by atoms with Crippen molar-refractivity contribution in [3.05, 3.63) is 0 Å². The largest absolute Gasteiger partial charge is 0.349 e. The molecule has 0 aliphatic heterocycles.